The van der Waals surface area contributed by atoms with Crippen molar-refractivity contribution in [2.45, 2.75) is 25.9 Å². The van der Waals surface area contributed by atoms with Gasteiger partial charge in [0, 0.05) is 6.61 Å². The van der Waals surface area contributed by atoms with E-state index >= 15 is 0 Å². The van der Waals surface area contributed by atoms with Gasteiger partial charge in [0.15, 0.2) is 0 Å². The van der Waals surface area contributed by atoms with E-state index < -0.39 is 0 Å². The summed E-state index contributed by atoms with van der Waals surface area (Å²) < 4.78 is 10.2. The Labute approximate surface area is 56.2 Å². The van der Waals surface area contributed by atoms with Crippen LogP contribution in [-0.4, -0.2) is 25.9 Å². The highest BCUT2D eigenvalue weighted by Gasteiger charge is 2.21. The Morgan fingerprint density at radius 3 is 3.00 bits per heavy atom. The highest BCUT2D eigenvalue weighted by molar-refractivity contribution is 4.66. The standard InChI is InChI=1S/C7H14O2/c1-2-3-4-8-5-7-6-9-7/h7H,2-6H2,1H3/t7-/m1/s1. The van der Waals surface area contributed by atoms with Gasteiger partial charge < -0.3 is 9.47 Å². The van der Waals surface area contributed by atoms with Crippen LogP contribution in [0.5, 0.6) is 0 Å². The van der Waals surface area contributed by atoms with E-state index in [1.165, 1.54) is 12.8 Å². The lowest BCUT2D eigenvalue weighted by Crippen LogP contribution is -2.01. The molecule has 1 aliphatic rings. The predicted molar refractivity (Wildman–Crippen MR) is 35.5 cm³/mol. The highest BCUT2D eigenvalue weighted by Crippen LogP contribution is 2.08. The van der Waals surface area contributed by atoms with Crippen molar-refractivity contribution < 1.29 is 9.47 Å². The second-order valence-corrected chi connectivity index (χ2v) is 2.38. The lowest BCUT2D eigenvalue weighted by atomic mass is 10.4. The van der Waals surface area contributed by atoms with Crippen LogP contribution < -0.4 is 0 Å². The molecule has 2 nitrogen and oxygen atoms in total. The molecule has 0 bridgehead atoms. The van der Waals surface area contributed by atoms with Crippen LogP contribution in [0.2, 0.25) is 0 Å². The summed E-state index contributed by atoms with van der Waals surface area (Å²) >= 11 is 0. The van der Waals surface area contributed by atoms with Gasteiger partial charge in [0.1, 0.15) is 6.10 Å². The molecule has 54 valence electrons. The molecule has 9 heavy (non-hydrogen) atoms. The fraction of sp³-hybridized carbons (Fsp3) is 1.00. The number of unbranched alkanes of at least 4 members (excludes halogenated alkanes) is 1. The lowest BCUT2D eigenvalue weighted by molar-refractivity contribution is 0.114. The van der Waals surface area contributed by atoms with Crippen LogP contribution in [0.1, 0.15) is 19.8 Å². The van der Waals surface area contributed by atoms with Gasteiger partial charge in [-0.25, -0.2) is 0 Å². The topological polar surface area (TPSA) is 21.8 Å². The zero-order chi connectivity index (χ0) is 6.53. The van der Waals surface area contributed by atoms with Crippen LogP contribution in [-0.2, 0) is 9.47 Å². The van der Waals surface area contributed by atoms with Crippen molar-refractivity contribution in [1.82, 2.24) is 0 Å². The van der Waals surface area contributed by atoms with Gasteiger partial charge in [0.05, 0.1) is 13.2 Å². The van der Waals surface area contributed by atoms with E-state index in [0.29, 0.717) is 6.10 Å². The van der Waals surface area contributed by atoms with E-state index in [2.05, 4.69) is 6.92 Å². The molecule has 0 aliphatic carbocycles. The second kappa shape index (κ2) is 3.85. The van der Waals surface area contributed by atoms with Crippen LogP contribution in [0.4, 0.5) is 0 Å². The lowest BCUT2D eigenvalue weighted by Gasteiger charge is -1.97. The zero-order valence-electron chi connectivity index (χ0n) is 5.93. The molecule has 0 aromatic carbocycles. The normalized spacial score (nSPS) is 24.3. The maximum absolute atomic E-state index is 5.27. The predicted octanol–water partition coefficient (Wildman–Crippen LogP) is 1.20. The molecule has 0 aromatic rings. The SMILES string of the molecule is CCCCOC[C@@H]1CO1. The van der Waals surface area contributed by atoms with Crippen molar-refractivity contribution >= 4 is 0 Å². The monoisotopic (exact) mass is 130 g/mol. The van der Waals surface area contributed by atoms with Gasteiger partial charge in [0.25, 0.3) is 0 Å². The molecule has 1 aliphatic heterocycles. The van der Waals surface area contributed by atoms with E-state index in [-0.39, 0.29) is 0 Å². The minimum absolute atomic E-state index is 0.432. The molecule has 1 heterocycles. The average molecular weight is 130 g/mol. The molecule has 1 fully saturated rings. The molecular weight excluding hydrogens is 116 g/mol. The number of ether oxygens (including phenoxy) is 2. The molecule has 0 amide bonds. The van der Waals surface area contributed by atoms with Gasteiger partial charge in [-0.2, -0.15) is 0 Å². The number of epoxide rings is 1. The van der Waals surface area contributed by atoms with Crippen LogP contribution in [0.3, 0.4) is 0 Å². The maximum atomic E-state index is 5.27. The molecule has 0 unspecified atom stereocenters. The van der Waals surface area contributed by atoms with Crippen molar-refractivity contribution in [3.05, 3.63) is 0 Å². The third-order valence-electron chi connectivity index (χ3n) is 1.35. The average Bonchev–Trinajstić information content (AvgIpc) is 2.63. The summed E-state index contributed by atoms with van der Waals surface area (Å²) in [6.45, 7) is 4.78. The fourth-order valence-electron chi connectivity index (χ4n) is 0.625. The van der Waals surface area contributed by atoms with Crippen molar-refractivity contribution in [1.29, 1.82) is 0 Å². The third kappa shape index (κ3) is 3.49. The van der Waals surface area contributed by atoms with Gasteiger partial charge in [0.2, 0.25) is 0 Å². The molecule has 1 saturated heterocycles. The Hall–Kier alpha value is -0.0800. The Bertz CT molecular complexity index is 69.3. The Balaban J connectivity index is 1.71. The first kappa shape index (κ1) is 7.03. The summed E-state index contributed by atoms with van der Waals surface area (Å²) in [5.41, 5.74) is 0. The zero-order valence-corrected chi connectivity index (χ0v) is 5.93. The first-order chi connectivity index (χ1) is 4.43. The molecule has 0 spiro atoms. The molecule has 1 rings (SSSR count). The largest absolute Gasteiger partial charge is 0.379 e. The molecular formula is C7H14O2. The Morgan fingerprint density at radius 1 is 1.67 bits per heavy atom. The van der Waals surface area contributed by atoms with Crippen molar-refractivity contribution in [2.75, 3.05) is 19.8 Å². The summed E-state index contributed by atoms with van der Waals surface area (Å²) in [7, 11) is 0. The van der Waals surface area contributed by atoms with Crippen molar-refractivity contribution in [3.63, 3.8) is 0 Å². The molecule has 0 radical (unpaired) electrons. The minimum Gasteiger partial charge on any atom is -0.379 e. The third-order valence-corrected chi connectivity index (χ3v) is 1.35. The van der Waals surface area contributed by atoms with Gasteiger partial charge in [-0.1, -0.05) is 13.3 Å². The van der Waals surface area contributed by atoms with Crippen LogP contribution >= 0.6 is 0 Å². The van der Waals surface area contributed by atoms with Crippen LogP contribution in [0.15, 0.2) is 0 Å². The fourth-order valence-corrected chi connectivity index (χ4v) is 0.625. The van der Waals surface area contributed by atoms with Crippen molar-refractivity contribution in [3.8, 4) is 0 Å². The molecule has 0 saturated carbocycles. The maximum Gasteiger partial charge on any atom is 0.104 e. The molecule has 0 aromatic heterocycles. The number of rotatable bonds is 5. The molecule has 1 atom stereocenters. The summed E-state index contributed by atoms with van der Waals surface area (Å²) in [6, 6.07) is 0. The Kier molecular flexibility index (Phi) is 3.01. The highest BCUT2D eigenvalue weighted by atomic mass is 16.6. The van der Waals surface area contributed by atoms with E-state index in [4.69, 9.17) is 9.47 Å². The molecule has 2 heteroatoms. The number of hydrogen-bond acceptors (Lipinski definition) is 2. The van der Waals surface area contributed by atoms with E-state index in [9.17, 15) is 0 Å². The number of hydrogen-bond donors (Lipinski definition) is 0. The smallest absolute Gasteiger partial charge is 0.104 e. The van der Waals surface area contributed by atoms with Gasteiger partial charge in [-0.15, -0.1) is 0 Å². The van der Waals surface area contributed by atoms with Gasteiger partial charge >= 0.3 is 0 Å². The van der Waals surface area contributed by atoms with Gasteiger partial charge in [-0.3, -0.25) is 0 Å². The summed E-state index contributed by atoms with van der Waals surface area (Å²) in [4.78, 5) is 0. The van der Waals surface area contributed by atoms with Gasteiger partial charge in [-0.05, 0) is 6.42 Å². The van der Waals surface area contributed by atoms with E-state index in [1.54, 1.807) is 0 Å². The van der Waals surface area contributed by atoms with Crippen LogP contribution in [0.25, 0.3) is 0 Å². The Morgan fingerprint density at radius 2 is 2.44 bits per heavy atom. The quantitative estimate of drug-likeness (QED) is 0.412. The van der Waals surface area contributed by atoms with E-state index in [0.717, 1.165) is 19.8 Å². The first-order valence-corrected chi connectivity index (χ1v) is 3.63. The summed E-state index contributed by atoms with van der Waals surface area (Å²) in [5.74, 6) is 0. The summed E-state index contributed by atoms with van der Waals surface area (Å²) in [5, 5.41) is 0. The molecule has 0 N–H and O–H groups in total. The van der Waals surface area contributed by atoms with E-state index in [1.807, 2.05) is 0 Å². The first-order valence-electron chi connectivity index (χ1n) is 3.63. The minimum atomic E-state index is 0.432. The second-order valence-electron chi connectivity index (χ2n) is 2.38. The van der Waals surface area contributed by atoms with Crippen molar-refractivity contribution in [2.24, 2.45) is 0 Å². The van der Waals surface area contributed by atoms with Crippen LogP contribution in [0, 0.1) is 0 Å². The summed E-state index contributed by atoms with van der Waals surface area (Å²) in [6.07, 6.45) is 2.82.